The Kier molecular flexibility index (Phi) is 5.38. The van der Waals surface area contributed by atoms with Gasteiger partial charge in [0.2, 0.25) is 0 Å². The topological polar surface area (TPSA) is 60.5 Å². The molecule has 5 nitrogen and oxygen atoms in total. The minimum absolute atomic E-state index is 0.286. The van der Waals surface area contributed by atoms with Gasteiger partial charge in [-0.2, -0.15) is 0 Å². The van der Waals surface area contributed by atoms with E-state index in [2.05, 4.69) is 10.3 Å². The van der Waals surface area contributed by atoms with Gasteiger partial charge >= 0.3 is 0 Å². The number of carbonyl (C=O) groups is 1. The van der Waals surface area contributed by atoms with Crippen molar-refractivity contribution in [1.29, 1.82) is 0 Å². The van der Waals surface area contributed by atoms with Gasteiger partial charge in [-0.25, -0.2) is 4.98 Å². The van der Waals surface area contributed by atoms with Gasteiger partial charge in [0, 0.05) is 22.9 Å². The third kappa shape index (κ3) is 4.04. The number of nitrogens with zero attached hydrogens (tertiary/aromatic N) is 1. The Morgan fingerprint density at radius 3 is 2.38 bits per heavy atom. The summed E-state index contributed by atoms with van der Waals surface area (Å²) in [6.07, 6.45) is 0. The Bertz CT molecular complexity index is 1150. The molecule has 146 valence electrons. The molecule has 0 radical (unpaired) electrons. The predicted octanol–water partition coefficient (Wildman–Crippen LogP) is 5.89. The van der Waals surface area contributed by atoms with Crippen molar-refractivity contribution in [3.05, 3.63) is 71.2 Å². The molecule has 0 fully saturated rings. The first kappa shape index (κ1) is 19.2. The molecule has 4 rings (SSSR count). The maximum Gasteiger partial charge on any atom is 0.255 e. The zero-order valence-corrected chi connectivity index (χ0v) is 17.3. The van der Waals surface area contributed by atoms with E-state index in [1.165, 1.54) is 14.2 Å². The van der Waals surface area contributed by atoms with Gasteiger partial charge in [0.05, 0.1) is 29.5 Å². The fraction of sp³-hybridized carbons (Fsp3) is 0.0909. The number of benzene rings is 3. The molecule has 7 heteroatoms. The molecule has 0 saturated heterocycles. The van der Waals surface area contributed by atoms with E-state index in [1.807, 2.05) is 36.4 Å². The number of anilines is 1. The summed E-state index contributed by atoms with van der Waals surface area (Å²) >= 11 is 8.07. The number of halogens is 1. The van der Waals surface area contributed by atoms with Crippen molar-refractivity contribution >= 4 is 44.7 Å². The van der Waals surface area contributed by atoms with Crippen molar-refractivity contribution < 1.29 is 14.3 Å². The highest BCUT2D eigenvalue weighted by Gasteiger charge is 2.13. The number of hydrogen-bond acceptors (Lipinski definition) is 5. The minimum Gasteiger partial charge on any atom is -0.497 e. The van der Waals surface area contributed by atoms with E-state index in [1.54, 1.807) is 35.6 Å². The standard InChI is InChI=1S/C22H17ClN2O3S/c1-27-15-9-13(10-16(12-15)28-2)21(26)24-14-7-8-17(18(23)11-14)22-25-19-5-3-4-6-20(19)29-22/h3-12H,1-2H3,(H,24,26). The maximum atomic E-state index is 12.7. The van der Waals surface area contributed by atoms with Gasteiger partial charge in [0.15, 0.2) is 0 Å². The van der Waals surface area contributed by atoms with E-state index in [-0.39, 0.29) is 5.91 Å². The summed E-state index contributed by atoms with van der Waals surface area (Å²) in [5.41, 5.74) is 2.78. The number of fused-ring (bicyclic) bond motifs is 1. The number of aromatic nitrogens is 1. The second-order valence-corrected chi connectivity index (χ2v) is 7.67. The molecule has 1 heterocycles. The summed E-state index contributed by atoms with van der Waals surface area (Å²) in [4.78, 5) is 17.3. The lowest BCUT2D eigenvalue weighted by Gasteiger charge is -2.10. The second kappa shape index (κ2) is 8.11. The Morgan fingerprint density at radius 1 is 1.00 bits per heavy atom. The normalized spacial score (nSPS) is 10.7. The van der Waals surface area contributed by atoms with Crippen molar-refractivity contribution in [3.8, 4) is 22.1 Å². The molecule has 0 unspecified atom stereocenters. The van der Waals surface area contributed by atoms with Crippen LogP contribution in [0.25, 0.3) is 20.8 Å². The van der Waals surface area contributed by atoms with E-state index in [0.29, 0.717) is 27.8 Å². The molecule has 4 aromatic rings. The molecule has 1 amide bonds. The number of thiazole rings is 1. The minimum atomic E-state index is -0.286. The number of nitrogens with one attached hydrogen (secondary N) is 1. The zero-order valence-electron chi connectivity index (χ0n) is 15.7. The van der Waals surface area contributed by atoms with Gasteiger partial charge in [-0.15, -0.1) is 11.3 Å². The van der Waals surface area contributed by atoms with E-state index in [4.69, 9.17) is 21.1 Å². The van der Waals surface area contributed by atoms with Crippen LogP contribution in [0.2, 0.25) is 5.02 Å². The van der Waals surface area contributed by atoms with Crippen LogP contribution < -0.4 is 14.8 Å². The summed E-state index contributed by atoms with van der Waals surface area (Å²) in [6.45, 7) is 0. The second-order valence-electron chi connectivity index (χ2n) is 6.24. The molecule has 0 bridgehead atoms. The number of methoxy groups -OCH3 is 2. The summed E-state index contributed by atoms with van der Waals surface area (Å²) < 4.78 is 11.5. The van der Waals surface area contributed by atoms with Crippen LogP contribution in [0.3, 0.4) is 0 Å². The molecule has 0 saturated carbocycles. The number of rotatable bonds is 5. The SMILES string of the molecule is COc1cc(OC)cc(C(=O)Nc2ccc(-c3nc4ccccc4s3)c(Cl)c2)c1. The molecule has 3 aromatic carbocycles. The largest absolute Gasteiger partial charge is 0.497 e. The number of para-hydroxylation sites is 1. The molecule has 1 aromatic heterocycles. The van der Waals surface area contributed by atoms with Crippen LogP contribution in [0.1, 0.15) is 10.4 Å². The molecule has 0 aliphatic rings. The highest BCUT2D eigenvalue weighted by molar-refractivity contribution is 7.21. The van der Waals surface area contributed by atoms with Gasteiger partial charge in [-0.1, -0.05) is 23.7 Å². The zero-order chi connectivity index (χ0) is 20.4. The van der Waals surface area contributed by atoms with Crippen molar-refractivity contribution in [3.63, 3.8) is 0 Å². The predicted molar refractivity (Wildman–Crippen MR) is 118 cm³/mol. The van der Waals surface area contributed by atoms with E-state index < -0.39 is 0 Å². The van der Waals surface area contributed by atoms with Crippen LogP contribution >= 0.6 is 22.9 Å². The van der Waals surface area contributed by atoms with Gasteiger partial charge < -0.3 is 14.8 Å². The number of amides is 1. The maximum absolute atomic E-state index is 12.7. The van der Waals surface area contributed by atoms with Crippen molar-refractivity contribution in [2.75, 3.05) is 19.5 Å². The van der Waals surface area contributed by atoms with Gasteiger partial charge in [0.1, 0.15) is 16.5 Å². The highest BCUT2D eigenvalue weighted by atomic mass is 35.5. The average molecular weight is 425 g/mol. The first-order valence-electron chi connectivity index (χ1n) is 8.77. The van der Waals surface area contributed by atoms with E-state index in [0.717, 1.165) is 20.8 Å². The van der Waals surface area contributed by atoms with Crippen molar-refractivity contribution in [1.82, 2.24) is 4.98 Å². The molecule has 0 aliphatic carbocycles. The summed E-state index contributed by atoms with van der Waals surface area (Å²) in [5.74, 6) is 0.795. The average Bonchev–Trinajstić information content (AvgIpc) is 3.17. The highest BCUT2D eigenvalue weighted by Crippen LogP contribution is 2.35. The number of carbonyl (C=O) groups excluding carboxylic acids is 1. The summed E-state index contributed by atoms with van der Waals surface area (Å²) in [5, 5.41) is 4.21. The van der Waals surface area contributed by atoms with Gasteiger partial charge in [-0.05, 0) is 42.5 Å². The number of ether oxygens (including phenoxy) is 2. The van der Waals surface area contributed by atoms with Crippen LogP contribution in [0.15, 0.2) is 60.7 Å². The molecular weight excluding hydrogens is 408 g/mol. The lowest BCUT2D eigenvalue weighted by atomic mass is 10.1. The Labute approximate surface area is 176 Å². The van der Waals surface area contributed by atoms with Crippen LogP contribution in [0, 0.1) is 0 Å². The van der Waals surface area contributed by atoms with E-state index >= 15 is 0 Å². The monoisotopic (exact) mass is 424 g/mol. The van der Waals surface area contributed by atoms with Crippen molar-refractivity contribution in [2.24, 2.45) is 0 Å². The van der Waals surface area contributed by atoms with Crippen LogP contribution in [0.4, 0.5) is 5.69 Å². The summed E-state index contributed by atoms with van der Waals surface area (Å²) in [6, 6.07) is 18.3. The third-order valence-electron chi connectivity index (χ3n) is 4.36. The molecule has 0 aliphatic heterocycles. The lowest BCUT2D eigenvalue weighted by Crippen LogP contribution is -2.12. The summed E-state index contributed by atoms with van der Waals surface area (Å²) in [7, 11) is 3.08. The van der Waals surface area contributed by atoms with Gasteiger partial charge in [-0.3, -0.25) is 4.79 Å². The first-order valence-corrected chi connectivity index (χ1v) is 9.97. The Hall–Kier alpha value is -3.09. The lowest BCUT2D eigenvalue weighted by molar-refractivity contribution is 0.102. The fourth-order valence-corrected chi connectivity index (χ4v) is 4.23. The first-order chi connectivity index (χ1) is 14.1. The Balaban J connectivity index is 1.59. The molecule has 29 heavy (non-hydrogen) atoms. The molecule has 0 atom stereocenters. The molecule has 0 spiro atoms. The quantitative estimate of drug-likeness (QED) is 0.434. The Morgan fingerprint density at radius 2 is 1.72 bits per heavy atom. The number of hydrogen-bond donors (Lipinski definition) is 1. The third-order valence-corrected chi connectivity index (χ3v) is 5.75. The van der Waals surface area contributed by atoms with Crippen LogP contribution in [0.5, 0.6) is 11.5 Å². The van der Waals surface area contributed by atoms with Gasteiger partial charge in [0.25, 0.3) is 5.91 Å². The fourth-order valence-electron chi connectivity index (χ4n) is 2.90. The van der Waals surface area contributed by atoms with Crippen molar-refractivity contribution in [2.45, 2.75) is 0 Å². The van der Waals surface area contributed by atoms with Crippen LogP contribution in [-0.2, 0) is 0 Å². The van der Waals surface area contributed by atoms with E-state index in [9.17, 15) is 4.79 Å². The smallest absolute Gasteiger partial charge is 0.255 e. The van der Waals surface area contributed by atoms with Crippen LogP contribution in [-0.4, -0.2) is 25.1 Å². The molecule has 1 N–H and O–H groups in total. The molecular formula is C22H17ClN2O3S.